The van der Waals surface area contributed by atoms with Crippen molar-refractivity contribution in [2.75, 3.05) is 0 Å². The Kier molecular flexibility index (Phi) is 5.02. The van der Waals surface area contributed by atoms with Crippen molar-refractivity contribution in [3.8, 4) is 0 Å². The predicted octanol–water partition coefficient (Wildman–Crippen LogP) is 4.55. The van der Waals surface area contributed by atoms with E-state index in [9.17, 15) is 22.4 Å². The van der Waals surface area contributed by atoms with E-state index in [0.29, 0.717) is 18.4 Å². The number of nitrogens with zero attached hydrogens (tertiary/aromatic N) is 2. The average Bonchev–Trinajstić information content (AvgIpc) is 3.34. The van der Waals surface area contributed by atoms with Crippen LogP contribution in [0.5, 0.6) is 0 Å². The Morgan fingerprint density at radius 3 is 2.58 bits per heavy atom. The molecule has 1 N–H and O–H groups in total. The normalized spacial score (nSPS) is 14.3. The van der Waals surface area contributed by atoms with Crippen molar-refractivity contribution >= 4 is 5.91 Å². The van der Waals surface area contributed by atoms with Crippen LogP contribution >= 0.6 is 0 Å². The van der Waals surface area contributed by atoms with Crippen molar-refractivity contribution in [3.05, 3.63) is 52.3 Å². The minimum absolute atomic E-state index is 0.0131. The number of rotatable bonds is 6. The maximum Gasteiger partial charge on any atom is 0.280 e. The van der Waals surface area contributed by atoms with E-state index in [1.165, 1.54) is 11.0 Å². The van der Waals surface area contributed by atoms with Gasteiger partial charge in [0.25, 0.3) is 12.3 Å². The van der Waals surface area contributed by atoms with Crippen LogP contribution in [0.4, 0.5) is 17.6 Å². The fourth-order valence-corrected chi connectivity index (χ4v) is 3.04. The number of halogens is 4. The van der Waals surface area contributed by atoms with Crippen LogP contribution in [-0.2, 0) is 6.54 Å². The van der Waals surface area contributed by atoms with E-state index >= 15 is 0 Å². The fourth-order valence-electron chi connectivity index (χ4n) is 3.04. The number of nitrogens with one attached hydrogen (secondary N) is 1. The predicted molar refractivity (Wildman–Crippen MR) is 86.9 cm³/mol. The molecule has 140 valence electrons. The number of carbonyl (C=O) groups excluding carboxylic acids is 1. The number of benzene rings is 1. The molecule has 0 unspecified atom stereocenters. The highest BCUT2D eigenvalue weighted by molar-refractivity contribution is 5.95. The van der Waals surface area contributed by atoms with Crippen molar-refractivity contribution in [3.63, 3.8) is 0 Å². The van der Waals surface area contributed by atoms with E-state index < -0.39 is 35.4 Å². The highest BCUT2D eigenvalue weighted by atomic mass is 19.3. The second-order valence-electron chi connectivity index (χ2n) is 6.73. The zero-order valence-electron chi connectivity index (χ0n) is 14.4. The fraction of sp³-hybridized carbons (Fsp3) is 0.444. The molecule has 1 aromatic carbocycles. The summed E-state index contributed by atoms with van der Waals surface area (Å²) >= 11 is 0. The van der Waals surface area contributed by atoms with Crippen LogP contribution in [-0.4, -0.2) is 27.0 Å². The molecule has 8 heteroatoms. The molecule has 0 radical (unpaired) electrons. The Morgan fingerprint density at radius 2 is 2.00 bits per heavy atom. The minimum atomic E-state index is -3.06. The van der Waals surface area contributed by atoms with E-state index in [-0.39, 0.29) is 18.5 Å². The molecule has 0 aliphatic heterocycles. The van der Waals surface area contributed by atoms with E-state index in [0.717, 1.165) is 5.56 Å². The first-order chi connectivity index (χ1) is 12.3. The van der Waals surface area contributed by atoms with Gasteiger partial charge < -0.3 is 4.90 Å². The minimum Gasteiger partial charge on any atom is -0.331 e. The highest BCUT2D eigenvalue weighted by Crippen LogP contribution is 2.34. The summed E-state index contributed by atoms with van der Waals surface area (Å²) < 4.78 is 54.4. The van der Waals surface area contributed by atoms with Crippen LogP contribution < -0.4 is 0 Å². The Balaban J connectivity index is 1.98. The summed E-state index contributed by atoms with van der Waals surface area (Å²) in [5.74, 6) is -2.63. The maximum atomic E-state index is 14.4. The number of aromatic nitrogens is 2. The molecule has 1 aliphatic carbocycles. The first kappa shape index (κ1) is 18.4. The summed E-state index contributed by atoms with van der Waals surface area (Å²) in [7, 11) is 0. The molecule has 1 amide bonds. The number of alkyl halides is 2. The molecule has 0 spiro atoms. The summed E-state index contributed by atoms with van der Waals surface area (Å²) in [6.07, 6.45) is -1.73. The van der Waals surface area contributed by atoms with Crippen molar-refractivity contribution in [1.29, 1.82) is 0 Å². The lowest BCUT2D eigenvalue weighted by Gasteiger charge is -2.25. The molecular formula is C18H19F4N3O. The highest BCUT2D eigenvalue weighted by Gasteiger charge is 2.38. The van der Waals surface area contributed by atoms with Gasteiger partial charge in [-0.3, -0.25) is 9.89 Å². The van der Waals surface area contributed by atoms with Crippen LogP contribution in [0.3, 0.4) is 0 Å². The van der Waals surface area contributed by atoms with Crippen LogP contribution in [0, 0.1) is 11.8 Å². The summed E-state index contributed by atoms with van der Waals surface area (Å²) in [5.41, 5.74) is -0.569. The second kappa shape index (κ2) is 7.09. The van der Waals surface area contributed by atoms with Gasteiger partial charge in [-0.05, 0) is 30.4 Å². The van der Waals surface area contributed by atoms with E-state index in [1.807, 2.05) is 18.9 Å². The van der Waals surface area contributed by atoms with Gasteiger partial charge in [0.05, 0.1) is 0 Å². The molecule has 4 nitrogen and oxygen atoms in total. The molecule has 2 aromatic rings. The molecule has 0 atom stereocenters. The van der Waals surface area contributed by atoms with Crippen LogP contribution in [0.25, 0.3) is 0 Å². The SMILES string of the molecule is CC(C)c1cccc(F)c1CN(C(=O)c1c(F)n[nH]c1C(F)F)C1CC1. The first-order valence-corrected chi connectivity index (χ1v) is 8.41. The van der Waals surface area contributed by atoms with E-state index in [1.54, 1.807) is 12.1 Å². The lowest BCUT2D eigenvalue weighted by Crippen LogP contribution is -2.34. The molecular weight excluding hydrogens is 350 g/mol. The van der Waals surface area contributed by atoms with Gasteiger partial charge in [-0.15, -0.1) is 5.10 Å². The third-order valence-corrected chi connectivity index (χ3v) is 4.54. The topological polar surface area (TPSA) is 49.0 Å². The smallest absolute Gasteiger partial charge is 0.280 e. The van der Waals surface area contributed by atoms with Gasteiger partial charge in [-0.2, -0.15) is 4.39 Å². The quantitative estimate of drug-likeness (QED) is 0.759. The third-order valence-electron chi connectivity index (χ3n) is 4.54. The Morgan fingerprint density at radius 1 is 1.31 bits per heavy atom. The van der Waals surface area contributed by atoms with Gasteiger partial charge in [0.15, 0.2) is 0 Å². The average molecular weight is 369 g/mol. The second-order valence-corrected chi connectivity index (χ2v) is 6.73. The zero-order chi connectivity index (χ0) is 19.0. The third kappa shape index (κ3) is 3.45. The summed E-state index contributed by atoms with van der Waals surface area (Å²) in [6, 6.07) is 4.42. The van der Waals surface area contributed by atoms with Gasteiger partial charge in [0, 0.05) is 18.2 Å². The molecule has 1 aromatic heterocycles. The number of aromatic amines is 1. The van der Waals surface area contributed by atoms with Crippen molar-refractivity contribution in [2.24, 2.45) is 0 Å². The molecule has 26 heavy (non-hydrogen) atoms. The van der Waals surface area contributed by atoms with Crippen LogP contribution in [0.1, 0.15) is 66.2 Å². The lowest BCUT2D eigenvalue weighted by atomic mass is 9.96. The Bertz CT molecular complexity index is 815. The van der Waals surface area contributed by atoms with Gasteiger partial charge in [-0.25, -0.2) is 13.2 Å². The zero-order valence-corrected chi connectivity index (χ0v) is 14.4. The van der Waals surface area contributed by atoms with Crippen molar-refractivity contribution < 1.29 is 22.4 Å². The molecule has 0 bridgehead atoms. The van der Waals surface area contributed by atoms with Crippen LogP contribution in [0.15, 0.2) is 18.2 Å². The van der Waals surface area contributed by atoms with E-state index in [4.69, 9.17) is 0 Å². The molecule has 1 saturated carbocycles. The molecule has 3 rings (SSSR count). The first-order valence-electron chi connectivity index (χ1n) is 8.41. The molecule has 0 saturated heterocycles. The Hall–Kier alpha value is -2.38. The number of hydrogen-bond donors (Lipinski definition) is 1. The monoisotopic (exact) mass is 369 g/mol. The standard InChI is InChI=1S/C18H19F4N3O/c1-9(2)11-4-3-5-13(19)12(11)8-25(10-6-7-10)18(26)14-15(16(20)21)23-24-17(14)22/h3-5,9-10,16H,6-8H2,1-2H3,(H,23,24). The summed E-state index contributed by atoms with van der Waals surface area (Å²) in [6.45, 7) is 3.69. The van der Waals surface area contributed by atoms with Gasteiger partial charge in [0.1, 0.15) is 17.1 Å². The van der Waals surface area contributed by atoms with Crippen molar-refractivity contribution in [2.45, 2.75) is 51.6 Å². The lowest BCUT2D eigenvalue weighted by molar-refractivity contribution is 0.0710. The van der Waals surface area contributed by atoms with Gasteiger partial charge in [0.2, 0.25) is 5.95 Å². The number of hydrogen-bond acceptors (Lipinski definition) is 2. The van der Waals surface area contributed by atoms with Crippen LogP contribution in [0.2, 0.25) is 0 Å². The number of amides is 1. The maximum absolute atomic E-state index is 14.4. The van der Waals surface area contributed by atoms with E-state index in [2.05, 4.69) is 5.10 Å². The number of carbonyl (C=O) groups is 1. The number of H-pyrrole nitrogens is 1. The molecule has 1 fully saturated rings. The molecule has 1 heterocycles. The summed E-state index contributed by atoms with van der Waals surface area (Å²) in [4.78, 5) is 14.1. The Labute approximate surface area is 148 Å². The van der Waals surface area contributed by atoms with Gasteiger partial charge in [-0.1, -0.05) is 26.0 Å². The van der Waals surface area contributed by atoms with Crippen molar-refractivity contribution in [1.82, 2.24) is 15.1 Å². The van der Waals surface area contributed by atoms with Gasteiger partial charge >= 0.3 is 0 Å². The summed E-state index contributed by atoms with van der Waals surface area (Å²) in [5, 5.41) is 4.98. The molecule has 1 aliphatic rings. The largest absolute Gasteiger partial charge is 0.331 e.